The van der Waals surface area contributed by atoms with Crippen molar-refractivity contribution in [2.75, 3.05) is 39.6 Å². The molecule has 0 aliphatic heterocycles. The molecule has 2 aromatic carbocycles. The van der Waals surface area contributed by atoms with Crippen LogP contribution in [0.5, 0.6) is 11.5 Å². The smallest absolute Gasteiger partial charge is 0.119 e. The lowest BCUT2D eigenvalue weighted by Gasteiger charge is -2.10. The molecule has 4 nitrogen and oxygen atoms in total. The van der Waals surface area contributed by atoms with Gasteiger partial charge in [0, 0.05) is 0 Å². The van der Waals surface area contributed by atoms with Crippen LogP contribution in [0.1, 0.15) is 22.3 Å². The molecule has 0 bridgehead atoms. The van der Waals surface area contributed by atoms with Gasteiger partial charge in [-0.2, -0.15) is 0 Å². The van der Waals surface area contributed by atoms with Gasteiger partial charge in [-0.1, -0.05) is 12.1 Å². The highest BCUT2D eigenvalue weighted by molar-refractivity contribution is 5.33. The Hall–Kier alpha value is -2.04. The van der Waals surface area contributed by atoms with Crippen molar-refractivity contribution in [2.24, 2.45) is 0 Å². The predicted octanol–water partition coefficient (Wildman–Crippen LogP) is 4.41. The van der Waals surface area contributed by atoms with E-state index >= 15 is 0 Å². The van der Waals surface area contributed by atoms with Gasteiger partial charge in [-0.25, -0.2) is 0 Å². The molecular formula is C22H30O4. The van der Waals surface area contributed by atoms with Gasteiger partial charge in [0.2, 0.25) is 0 Å². The van der Waals surface area contributed by atoms with Crippen LogP contribution in [-0.4, -0.2) is 39.6 Å². The molecule has 0 saturated heterocycles. The Morgan fingerprint density at radius 1 is 0.462 bits per heavy atom. The van der Waals surface area contributed by atoms with Crippen molar-refractivity contribution in [1.29, 1.82) is 0 Å². The van der Waals surface area contributed by atoms with Gasteiger partial charge in [0.1, 0.15) is 24.7 Å². The maximum absolute atomic E-state index is 5.70. The number of aryl methyl sites for hydroxylation is 4. The van der Waals surface area contributed by atoms with E-state index in [9.17, 15) is 0 Å². The van der Waals surface area contributed by atoms with E-state index in [0.717, 1.165) is 11.5 Å². The van der Waals surface area contributed by atoms with Gasteiger partial charge in [0.15, 0.2) is 0 Å². The largest absolute Gasteiger partial charge is 0.491 e. The summed E-state index contributed by atoms with van der Waals surface area (Å²) in [6.45, 7) is 11.6. The van der Waals surface area contributed by atoms with E-state index in [1.807, 2.05) is 24.3 Å². The second-order valence-electron chi connectivity index (χ2n) is 6.57. The van der Waals surface area contributed by atoms with Crippen molar-refractivity contribution in [1.82, 2.24) is 0 Å². The Labute approximate surface area is 157 Å². The van der Waals surface area contributed by atoms with Crippen LogP contribution in [0.15, 0.2) is 36.4 Å². The molecule has 0 amide bonds. The molecular weight excluding hydrogens is 328 g/mol. The number of hydrogen-bond acceptors (Lipinski definition) is 4. The number of rotatable bonds is 11. The van der Waals surface area contributed by atoms with Gasteiger partial charge < -0.3 is 18.9 Å². The first-order valence-corrected chi connectivity index (χ1v) is 9.10. The van der Waals surface area contributed by atoms with Crippen LogP contribution in [0.3, 0.4) is 0 Å². The normalized spacial score (nSPS) is 10.8. The van der Waals surface area contributed by atoms with E-state index in [1.54, 1.807) is 0 Å². The summed E-state index contributed by atoms with van der Waals surface area (Å²) in [6, 6.07) is 12.4. The van der Waals surface area contributed by atoms with Crippen LogP contribution in [0, 0.1) is 27.7 Å². The fraction of sp³-hybridized carbons (Fsp3) is 0.455. The summed E-state index contributed by atoms with van der Waals surface area (Å²) >= 11 is 0. The molecule has 0 heterocycles. The van der Waals surface area contributed by atoms with Gasteiger partial charge >= 0.3 is 0 Å². The SMILES string of the molecule is Cc1cc(C)cc(OCCOCCOCCOc2cc(C)cc(C)c2)c1. The van der Waals surface area contributed by atoms with Gasteiger partial charge in [0.25, 0.3) is 0 Å². The summed E-state index contributed by atoms with van der Waals surface area (Å²) in [5, 5.41) is 0. The Kier molecular flexibility index (Phi) is 8.45. The molecule has 2 aromatic rings. The highest BCUT2D eigenvalue weighted by atomic mass is 16.6. The van der Waals surface area contributed by atoms with E-state index in [-0.39, 0.29) is 0 Å². The Bertz CT molecular complexity index is 582. The topological polar surface area (TPSA) is 36.9 Å². The molecule has 0 atom stereocenters. The minimum absolute atomic E-state index is 0.540. The number of hydrogen-bond donors (Lipinski definition) is 0. The lowest BCUT2D eigenvalue weighted by molar-refractivity contribution is 0.0273. The zero-order chi connectivity index (χ0) is 18.8. The fourth-order valence-corrected chi connectivity index (χ4v) is 2.79. The molecule has 4 heteroatoms. The molecule has 0 spiro atoms. The van der Waals surface area contributed by atoms with Crippen LogP contribution in [-0.2, 0) is 9.47 Å². The first-order chi connectivity index (χ1) is 12.5. The minimum atomic E-state index is 0.540. The molecule has 0 saturated carbocycles. The van der Waals surface area contributed by atoms with E-state index < -0.39 is 0 Å². The summed E-state index contributed by atoms with van der Waals surface area (Å²) in [5.41, 5.74) is 4.82. The first-order valence-electron chi connectivity index (χ1n) is 9.10. The maximum Gasteiger partial charge on any atom is 0.119 e. The average molecular weight is 358 g/mol. The van der Waals surface area contributed by atoms with Crippen molar-refractivity contribution in [3.05, 3.63) is 58.7 Å². The molecule has 0 radical (unpaired) electrons. The highest BCUT2D eigenvalue weighted by Gasteiger charge is 1.99. The molecule has 0 aliphatic carbocycles. The third-order valence-electron chi connectivity index (χ3n) is 3.76. The third kappa shape index (κ3) is 7.89. The monoisotopic (exact) mass is 358 g/mol. The van der Waals surface area contributed by atoms with Crippen molar-refractivity contribution in [3.63, 3.8) is 0 Å². The summed E-state index contributed by atoms with van der Waals surface area (Å²) < 4.78 is 22.4. The van der Waals surface area contributed by atoms with Crippen LogP contribution in [0.2, 0.25) is 0 Å². The highest BCUT2D eigenvalue weighted by Crippen LogP contribution is 2.16. The Morgan fingerprint density at radius 2 is 0.769 bits per heavy atom. The molecule has 0 aromatic heterocycles. The fourth-order valence-electron chi connectivity index (χ4n) is 2.79. The summed E-state index contributed by atoms with van der Waals surface area (Å²) in [6.07, 6.45) is 0. The number of ether oxygens (including phenoxy) is 4. The summed E-state index contributed by atoms with van der Waals surface area (Å²) in [7, 11) is 0. The lowest BCUT2D eigenvalue weighted by atomic mass is 10.1. The van der Waals surface area contributed by atoms with Crippen LogP contribution in [0.25, 0.3) is 0 Å². The molecule has 0 unspecified atom stereocenters. The first kappa shape index (κ1) is 20.3. The predicted molar refractivity (Wildman–Crippen MR) is 104 cm³/mol. The van der Waals surface area contributed by atoms with Crippen molar-refractivity contribution in [2.45, 2.75) is 27.7 Å². The van der Waals surface area contributed by atoms with Crippen LogP contribution >= 0.6 is 0 Å². The summed E-state index contributed by atoms with van der Waals surface area (Å²) in [5.74, 6) is 1.79. The minimum Gasteiger partial charge on any atom is -0.491 e. The van der Waals surface area contributed by atoms with Crippen LogP contribution < -0.4 is 9.47 Å². The van der Waals surface area contributed by atoms with Crippen LogP contribution in [0.4, 0.5) is 0 Å². The van der Waals surface area contributed by atoms with E-state index in [0.29, 0.717) is 39.6 Å². The molecule has 0 N–H and O–H groups in total. The van der Waals surface area contributed by atoms with E-state index in [1.165, 1.54) is 22.3 Å². The zero-order valence-electron chi connectivity index (χ0n) is 16.3. The quantitative estimate of drug-likeness (QED) is 0.558. The molecule has 0 fully saturated rings. The van der Waals surface area contributed by atoms with E-state index in [2.05, 4.69) is 39.8 Å². The van der Waals surface area contributed by atoms with Crippen molar-refractivity contribution in [3.8, 4) is 11.5 Å². The second kappa shape index (κ2) is 10.8. The zero-order valence-corrected chi connectivity index (χ0v) is 16.3. The van der Waals surface area contributed by atoms with Gasteiger partial charge in [-0.3, -0.25) is 0 Å². The van der Waals surface area contributed by atoms with E-state index in [4.69, 9.17) is 18.9 Å². The molecule has 26 heavy (non-hydrogen) atoms. The Morgan fingerprint density at radius 3 is 1.12 bits per heavy atom. The van der Waals surface area contributed by atoms with Gasteiger partial charge in [0.05, 0.1) is 26.4 Å². The average Bonchev–Trinajstić information content (AvgIpc) is 2.55. The van der Waals surface area contributed by atoms with Gasteiger partial charge in [-0.15, -0.1) is 0 Å². The molecule has 0 aliphatic rings. The third-order valence-corrected chi connectivity index (χ3v) is 3.76. The second-order valence-corrected chi connectivity index (χ2v) is 6.57. The Balaban J connectivity index is 1.47. The summed E-state index contributed by atoms with van der Waals surface area (Å²) in [4.78, 5) is 0. The standard InChI is InChI=1S/C22H30O4/c1-17-11-18(2)14-21(13-17)25-9-7-23-5-6-24-8-10-26-22-15-19(3)12-20(4)16-22/h11-16H,5-10H2,1-4H3. The van der Waals surface area contributed by atoms with Gasteiger partial charge in [-0.05, 0) is 74.2 Å². The lowest BCUT2D eigenvalue weighted by Crippen LogP contribution is -2.13. The van der Waals surface area contributed by atoms with Crippen molar-refractivity contribution < 1.29 is 18.9 Å². The maximum atomic E-state index is 5.70. The van der Waals surface area contributed by atoms with Crippen molar-refractivity contribution >= 4 is 0 Å². The number of benzene rings is 2. The molecule has 142 valence electrons. The molecule has 2 rings (SSSR count).